The molecule has 0 radical (unpaired) electrons. The predicted molar refractivity (Wildman–Crippen MR) is 61.3 cm³/mol. The van der Waals surface area contributed by atoms with Crippen molar-refractivity contribution in [2.45, 2.75) is 31.6 Å². The van der Waals surface area contributed by atoms with Gasteiger partial charge in [-0.25, -0.2) is 0 Å². The Bertz CT molecular complexity index is 199. The molecule has 4 nitrogen and oxygen atoms in total. The maximum Gasteiger partial charge on any atom is 0.158 e. The summed E-state index contributed by atoms with van der Waals surface area (Å²) in [5, 5.41) is 3.32. The van der Waals surface area contributed by atoms with Crippen LogP contribution in [0.25, 0.3) is 0 Å². The normalized spacial score (nSPS) is 14.9. The Kier molecular flexibility index (Phi) is 7.35. The van der Waals surface area contributed by atoms with Crippen molar-refractivity contribution in [3.8, 4) is 12.3 Å². The number of nitrogens with one attached hydrogen (secondary N) is 1. The van der Waals surface area contributed by atoms with Gasteiger partial charge < -0.3 is 20.5 Å². The Labute approximate surface area is 92.5 Å². The van der Waals surface area contributed by atoms with Crippen LogP contribution in [0.1, 0.15) is 19.8 Å². The Morgan fingerprint density at radius 2 is 2.07 bits per heavy atom. The molecule has 1 atom stereocenters. The van der Waals surface area contributed by atoms with Crippen LogP contribution in [0.15, 0.2) is 0 Å². The lowest BCUT2D eigenvalue weighted by Gasteiger charge is -2.32. The summed E-state index contributed by atoms with van der Waals surface area (Å²) < 4.78 is 10.3. The van der Waals surface area contributed by atoms with E-state index in [1.165, 1.54) is 0 Å². The van der Waals surface area contributed by atoms with Crippen LogP contribution in [0.5, 0.6) is 0 Å². The Morgan fingerprint density at radius 1 is 1.47 bits per heavy atom. The van der Waals surface area contributed by atoms with Gasteiger partial charge in [0, 0.05) is 45.7 Å². The molecule has 0 rings (SSSR count). The molecule has 4 heteroatoms. The lowest BCUT2D eigenvalue weighted by molar-refractivity contribution is -0.117. The average Bonchev–Trinajstić information content (AvgIpc) is 2.26. The van der Waals surface area contributed by atoms with Gasteiger partial charge in [0.1, 0.15) is 0 Å². The highest BCUT2D eigenvalue weighted by Crippen LogP contribution is 2.13. The average molecular weight is 214 g/mol. The van der Waals surface area contributed by atoms with Crippen molar-refractivity contribution in [2.75, 3.05) is 27.3 Å². The lowest BCUT2D eigenvalue weighted by Crippen LogP contribution is -2.51. The van der Waals surface area contributed by atoms with Crippen LogP contribution in [-0.4, -0.2) is 39.1 Å². The van der Waals surface area contributed by atoms with E-state index in [1.807, 2.05) is 6.92 Å². The maximum atomic E-state index is 5.72. The Morgan fingerprint density at radius 3 is 2.47 bits per heavy atom. The summed E-state index contributed by atoms with van der Waals surface area (Å²) in [6.07, 6.45) is 6.33. The second-order valence-electron chi connectivity index (χ2n) is 3.75. The van der Waals surface area contributed by atoms with Crippen LogP contribution >= 0.6 is 0 Å². The molecule has 0 aliphatic heterocycles. The highest BCUT2D eigenvalue weighted by atomic mass is 16.7. The number of hydrogen-bond acceptors (Lipinski definition) is 4. The van der Waals surface area contributed by atoms with E-state index in [-0.39, 0.29) is 11.8 Å². The molecule has 0 bridgehead atoms. The first-order chi connectivity index (χ1) is 7.11. The summed E-state index contributed by atoms with van der Waals surface area (Å²) >= 11 is 0. The van der Waals surface area contributed by atoms with Gasteiger partial charge in [0.25, 0.3) is 0 Å². The maximum absolute atomic E-state index is 5.72. The minimum Gasteiger partial charge on any atom is -0.356 e. The van der Waals surface area contributed by atoms with E-state index in [4.69, 9.17) is 21.6 Å². The molecule has 3 N–H and O–H groups in total. The summed E-state index contributed by atoms with van der Waals surface area (Å²) in [6, 6.07) is 0. The predicted octanol–water partition coefficient (Wildman–Crippen LogP) is 0.326. The molecule has 0 aliphatic rings. The zero-order valence-corrected chi connectivity index (χ0v) is 9.88. The lowest BCUT2D eigenvalue weighted by atomic mass is 9.97. The third-order valence-electron chi connectivity index (χ3n) is 2.41. The van der Waals surface area contributed by atoms with E-state index in [9.17, 15) is 0 Å². The molecule has 15 heavy (non-hydrogen) atoms. The molecular formula is C11H22N2O2. The van der Waals surface area contributed by atoms with Crippen LogP contribution in [0.3, 0.4) is 0 Å². The van der Waals surface area contributed by atoms with Crippen molar-refractivity contribution in [2.24, 2.45) is 5.73 Å². The molecule has 0 aromatic heterocycles. The van der Waals surface area contributed by atoms with Crippen molar-refractivity contribution < 1.29 is 9.47 Å². The van der Waals surface area contributed by atoms with Crippen LogP contribution in [-0.2, 0) is 9.47 Å². The van der Waals surface area contributed by atoms with Crippen LogP contribution in [0, 0.1) is 12.3 Å². The molecule has 0 spiro atoms. The Balaban J connectivity index is 4.11. The van der Waals surface area contributed by atoms with Crippen molar-refractivity contribution >= 4 is 0 Å². The number of methoxy groups -OCH3 is 2. The standard InChI is InChI=1S/C11H22N2O2/c1-5-6-7-13-11(2,9-12)8-10(14-3)15-4/h1,10,13H,6-9,12H2,2-4H3. The van der Waals surface area contributed by atoms with Crippen LogP contribution < -0.4 is 11.1 Å². The summed E-state index contributed by atoms with van der Waals surface area (Å²) in [7, 11) is 3.24. The second-order valence-corrected chi connectivity index (χ2v) is 3.75. The van der Waals surface area contributed by atoms with Gasteiger partial charge in [-0.05, 0) is 6.92 Å². The van der Waals surface area contributed by atoms with E-state index in [1.54, 1.807) is 14.2 Å². The van der Waals surface area contributed by atoms with Crippen molar-refractivity contribution in [3.05, 3.63) is 0 Å². The van der Waals surface area contributed by atoms with E-state index in [2.05, 4.69) is 11.2 Å². The first kappa shape index (κ1) is 14.4. The molecule has 1 unspecified atom stereocenters. The fourth-order valence-corrected chi connectivity index (χ4v) is 1.29. The van der Waals surface area contributed by atoms with Crippen molar-refractivity contribution in [1.82, 2.24) is 5.32 Å². The van der Waals surface area contributed by atoms with Crippen molar-refractivity contribution in [3.63, 3.8) is 0 Å². The minimum absolute atomic E-state index is 0.201. The third-order valence-corrected chi connectivity index (χ3v) is 2.41. The Hall–Kier alpha value is -0.600. The SMILES string of the molecule is C#CCCNC(C)(CN)CC(OC)OC. The molecule has 0 fully saturated rings. The fourth-order valence-electron chi connectivity index (χ4n) is 1.29. The van der Waals surface area contributed by atoms with Gasteiger partial charge in [-0.1, -0.05) is 0 Å². The third kappa shape index (κ3) is 5.75. The monoisotopic (exact) mass is 214 g/mol. The topological polar surface area (TPSA) is 56.5 Å². The number of ether oxygens (including phenoxy) is 2. The first-order valence-electron chi connectivity index (χ1n) is 5.06. The summed E-state index contributed by atoms with van der Waals surface area (Å²) in [6.45, 7) is 3.31. The largest absolute Gasteiger partial charge is 0.356 e. The van der Waals surface area contributed by atoms with Gasteiger partial charge in [0.2, 0.25) is 0 Å². The molecule has 0 aromatic carbocycles. The van der Waals surface area contributed by atoms with E-state index in [0.717, 1.165) is 6.54 Å². The smallest absolute Gasteiger partial charge is 0.158 e. The van der Waals surface area contributed by atoms with Crippen LogP contribution in [0.4, 0.5) is 0 Å². The van der Waals surface area contributed by atoms with Gasteiger partial charge in [0.05, 0.1) is 0 Å². The highest BCUT2D eigenvalue weighted by molar-refractivity contribution is 4.89. The molecule has 0 heterocycles. The van der Waals surface area contributed by atoms with Gasteiger partial charge >= 0.3 is 0 Å². The van der Waals surface area contributed by atoms with E-state index in [0.29, 0.717) is 19.4 Å². The molecule has 0 aliphatic carbocycles. The molecule has 0 aromatic rings. The zero-order valence-electron chi connectivity index (χ0n) is 9.88. The molecule has 0 saturated heterocycles. The van der Waals surface area contributed by atoms with Gasteiger partial charge in [-0.3, -0.25) is 0 Å². The highest BCUT2D eigenvalue weighted by Gasteiger charge is 2.26. The van der Waals surface area contributed by atoms with Gasteiger partial charge in [0.15, 0.2) is 6.29 Å². The first-order valence-corrected chi connectivity index (χ1v) is 5.06. The van der Waals surface area contributed by atoms with Crippen molar-refractivity contribution in [1.29, 1.82) is 0 Å². The zero-order chi connectivity index (χ0) is 11.7. The minimum atomic E-state index is -0.239. The number of nitrogens with two attached hydrogens (primary N) is 1. The van der Waals surface area contributed by atoms with E-state index < -0.39 is 0 Å². The van der Waals surface area contributed by atoms with Gasteiger partial charge in [-0.15, -0.1) is 12.3 Å². The van der Waals surface area contributed by atoms with Crippen LogP contribution in [0.2, 0.25) is 0 Å². The number of rotatable bonds is 8. The fraction of sp³-hybridized carbons (Fsp3) is 0.818. The number of terminal acetylenes is 1. The second kappa shape index (κ2) is 7.66. The molecule has 0 amide bonds. The molecular weight excluding hydrogens is 192 g/mol. The molecule has 0 saturated carbocycles. The molecule has 88 valence electrons. The summed E-state index contributed by atoms with van der Waals surface area (Å²) in [5.41, 5.74) is 5.52. The summed E-state index contributed by atoms with van der Waals surface area (Å²) in [4.78, 5) is 0. The summed E-state index contributed by atoms with van der Waals surface area (Å²) in [5.74, 6) is 2.58. The van der Waals surface area contributed by atoms with Gasteiger partial charge in [-0.2, -0.15) is 0 Å². The van der Waals surface area contributed by atoms with E-state index >= 15 is 0 Å². The quantitative estimate of drug-likeness (QED) is 0.347. The number of hydrogen-bond donors (Lipinski definition) is 2.